The van der Waals surface area contributed by atoms with Gasteiger partial charge in [0.15, 0.2) is 0 Å². The van der Waals surface area contributed by atoms with Crippen LogP contribution >= 0.6 is 0 Å². The van der Waals surface area contributed by atoms with Crippen molar-refractivity contribution >= 4 is 16.9 Å². The van der Waals surface area contributed by atoms with Crippen molar-refractivity contribution in [1.29, 1.82) is 0 Å². The molecule has 5 heteroatoms. The monoisotopic (exact) mass is 463 g/mol. The molecule has 0 radical (unpaired) electrons. The van der Waals surface area contributed by atoms with Gasteiger partial charge in [-0.05, 0) is 47.0 Å². The van der Waals surface area contributed by atoms with Gasteiger partial charge in [0.05, 0.1) is 6.42 Å². The summed E-state index contributed by atoms with van der Waals surface area (Å²) >= 11 is 0. The smallest absolute Gasteiger partial charge is 0.307 e. The quantitative estimate of drug-likeness (QED) is 0.277. The molecule has 5 rings (SSSR count). The zero-order valence-corrected chi connectivity index (χ0v) is 19.1. The second-order valence-corrected chi connectivity index (χ2v) is 8.41. The number of aliphatic carboxylic acids is 1. The Morgan fingerprint density at radius 2 is 1.60 bits per heavy atom. The molecule has 3 N–H and O–H groups in total. The fraction of sp³-hybridized carbons (Fsp3) is 0.100. The summed E-state index contributed by atoms with van der Waals surface area (Å²) in [5.74, 6) is 0.469. The molecule has 4 aromatic carbocycles. The largest absolute Gasteiger partial charge is 0.489 e. The highest BCUT2D eigenvalue weighted by molar-refractivity contribution is 5.95. The lowest BCUT2D eigenvalue weighted by Gasteiger charge is -2.12. The van der Waals surface area contributed by atoms with Crippen LogP contribution in [0.4, 0.5) is 0 Å². The van der Waals surface area contributed by atoms with Crippen molar-refractivity contribution in [2.45, 2.75) is 19.6 Å². The number of fused-ring (bicyclic) bond motifs is 1. The van der Waals surface area contributed by atoms with Crippen molar-refractivity contribution < 1.29 is 19.1 Å². The number of ether oxygens (including phenoxy) is 1. The third-order valence-corrected chi connectivity index (χ3v) is 5.92. The van der Waals surface area contributed by atoms with Gasteiger partial charge in [-0.25, -0.2) is 0 Å². The van der Waals surface area contributed by atoms with Crippen LogP contribution in [-0.2, 0) is 24.4 Å². The van der Waals surface area contributed by atoms with Gasteiger partial charge >= 0.3 is 5.97 Å². The number of para-hydroxylation sites is 1. The van der Waals surface area contributed by atoms with E-state index in [-0.39, 0.29) is 6.42 Å². The first-order valence-corrected chi connectivity index (χ1v) is 11.4. The third kappa shape index (κ3) is 4.95. The second kappa shape index (κ2) is 9.87. The first-order chi connectivity index (χ1) is 17.1. The summed E-state index contributed by atoms with van der Waals surface area (Å²) in [5, 5.41) is 10.2. The topological polar surface area (TPSA) is 85.7 Å². The molecule has 0 spiro atoms. The summed E-state index contributed by atoms with van der Waals surface area (Å²) in [4.78, 5) is 11.2. The number of furan rings is 1. The van der Waals surface area contributed by atoms with E-state index in [9.17, 15) is 9.90 Å². The fourth-order valence-corrected chi connectivity index (χ4v) is 4.24. The number of nitrogens with two attached hydrogens (primary N) is 1. The Kier molecular flexibility index (Phi) is 6.33. The van der Waals surface area contributed by atoms with E-state index in [2.05, 4.69) is 18.2 Å². The highest BCUT2D eigenvalue weighted by atomic mass is 16.5. The molecule has 0 amide bonds. The minimum absolute atomic E-state index is 0.0888. The Morgan fingerprint density at radius 3 is 2.40 bits per heavy atom. The lowest BCUT2D eigenvalue weighted by atomic mass is 9.99. The van der Waals surface area contributed by atoms with E-state index in [1.54, 1.807) is 12.1 Å². The van der Waals surface area contributed by atoms with Crippen molar-refractivity contribution in [2.24, 2.45) is 5.73 Å². The van der Waals surface area contributed by atoms with Crippen LogP contribution in [0.15, 0.2) is 101 Å². The summed E-state index contributed by atoms with van der Waals surface area (Å²) in [6.07, 6.45) is -0.0888. The van der Waals surface area contributed by atoms with Gasteiger partial charge in [-0.15, -0.1) is 0 Å². The Labute approximate surface area is 203 Å². The molecule has 0 aliphatic heterocycles. The first kappa shape index (κ1) is 22.4. The summed E-state index contributed by atoms with van der Waals surface area (Å²) < 4.78 is 12.4. The summed E-state index contributed by atoms with van der Waals surface area (Å²) in [6, 6.07) is 31.5. The van der Waals surface area contributed by atoms with Crippen molar-refractivity contribution in [1.82, 2.24) is 0 Å². The lowest BCUT2D eigenvalue weighted by molar-refractivity contribution is -0.136. The fourth-order valence-electron chi connectivity index (χ4n) is 4.24. The molecule has 1 heterocycles. The van der Waals surface area contributed by atoms with Crippen LogP contribution in [0, 0.1) is 0 Å². The Bertz CT molecular complexity index is 1490. The standard InChI is InChI=1S/C30H25NO4/c31-18-20-7-6-11-23(13-20)26-15-21(19-34-27-12-5-4-10-24(27)17-29(32)33)14-25-16-28(35-30(25)26)22-8-2-1-3-9-22/h1-16H,17-19,31H2,(H,32,33). The minimum atomic E-state index is -0.892. The van der Waals surface area contributed by atoms with Crippen LogP contribution < -0.4 is 10.5 Å². The molecule has 0 bridgehead atoms. The molecule has 5 aromatic rings. The number of carboxylic acid groups (broad SMARTS) is 1. The number of benzene rings is 4. The number of rotatable bonds is 8. The van der Waals surface area contributed by atoms with Crippen LogP contribution in [0.3, 0.4) is 0 Å². The van der Waals surface area contributed by atoms with Gasteiger partial charge < -0.3 is 20.0 Å². The van der Waals surface area contributed by atoms with Crippen LogP contribution in [0.5, 0.6) is 5.75 Å². The zero-order valence-electron chi connectivity index (χ0n) is 19.1. The molecule has 1 aromatic heterocycles. The van der Waals surface area contributed by atoms with Gasteiger partial charge in [0, 0.05) is 28.6 Å². The predicted octanol–water partition coefficient (Wildman–Crippen LogP) is 6.43. The molecule has 174 valence electrons. The van der Waals surface area contributed by atoms with Gasteiger partial charge in [-0.3, -0.25) is 4.79 Å². The highest BCUT2D eigenvalue weighted by Crippen LogP contribution is 2.36. The van der Waals surface area contributed by atoms with Gasteiger partial charge in [0.2, 0.25) is 0 Å². The van der Waals surface area contributed by atoms with E-state index in [1.807, 2.05) is 66.7 Å². The Hall–Kier alpha value is -4.35. The van der Waals surface area contributed by atoms with E-state index >= 15 is 0 Å². The van der Waals surface area contributed by atoms with E-state index in [1.165, 1.54) is 0 Å². The van der Waals surface area contributed by atoms with E-state index in [4.69, 9.17) is 14.9 Å². The van der Waals surface area contributed by atoms with Crippen LogP contribution in [-0.4, -0.2) is 11.1 Å². The molecule has 5 nitrogen and oxygen atoms in total. The average molecular weight is 464 g/mol. The molecule has 0 saturated heterocycles. The maximum atomic E-state index is 11.2. The molecule has 35 heavy (non-hydrogen) atoms. The van der Waals surface area contributed by atoms with Gasteiger partial charge in [0.1, 0.15) is 23.7 Å². The third-order valence-electron chi connectivity index (χ3n) is 5.92. The van der Waals surface area contributed by atoms with Crippen LogP contribution in [0.1, 0.15) is 16.7 Å². The molecule has 0 aliphatic carbocycles. The van der Waals surface area contributed by atoms with Gasteiger partial charge in [0.25, 0.3) is 0 Å². The lowest BCUT2D eigenvalue weighted by Crippen LogP contribution is -2.04. The van der Waals surface area contributed by atoms with Gasteiger partial charge in [-0.1, -0.05) is 66.7 Å². The van der Waals surface area contributed by atoms with Crippen molar-refractivity contribution in [3.05, 3.63) is 114 Å². The first-order valence-electron chi connectivity index (χ1n) is 11.4. The molecule has 0 atom stereocenters. The minimum Gasteiger partial charge on any atom is -0.489 e. The molecule has 0 fully saturated rings. The predicted molar refractivity (Wildman–Crippen MR) is 137 cm³/mol. The maximum Gasteiger partial charge on any atom is 0.307 e. The van der Waals surface area contributed by atoms with E-state index in [0.717, 1.165) is 44.5 Å². The zero-order chi connectivity index (χ0) is 24.2. The average Bonchev–Trinajstić information content (AvgIpc) is 3.32. The molecular weight excluding hydrogens is 438 g/mol. The molecular formula is C30H25NO4. The van der Waals surface area contributed by atoms with Crippen LogP contribution in [0.25, 0.3) is 33.4 Å². The molecule has 0 aliphatic rings. The summed E-state index contributed by atoms with van der Waals surface area (Å²) in [5.41, 5.74) is 12.3. The summed E-state index contributed by atoms with van der Waals surface area (Å²) in [6.45, 7) is 0.746. The highest BCUT2D eigenvalue weighted by Gasteiger charge is 2.15. The van der Waals surface area contributed by atoms with Crippen molar-refractivity contribution in [2.75, 3.05) is 0 Å². The second-order valence-electron chi connectivity index (χ2n) is 8.41. The Morgan fingerprint density at radius 1 is 0.829 bits per heavy atom. The van der Waals surface area contributed by atoms with Crippen molar-refractivity contribution in [3.63, 3.8) is 0 Å². The van der Waals surface area contributed by atoms with E-state index < -0.39 is 5.97 Å². The van der Waals surface area contributed by atoms with Crippen LogP contribution in [0.2, 0.25) is 0 Å². The number of carboxylic acids is 1. The van der Waals surface area contributed by atoms with Gasteiger partial charge in [-0.2, -0.15) is 0 Å². The van der Waals surface area contributed by atoms with E-state index in [0.29, 0.717) is 24.5 Å². The Balaban J connectivity index is 1.56. The normalized spacial score (nSPS) is 11.0. The number of hydrogen-bond acceptors (Lipinski definition) is 4. The summed E-state index contributed by atoms with van der Waals surface area (Å²) in [7, 11) is 0. The number of carbonyl (C=O) groups is 1. The molecule has 0 unspecified atom stereocenters. The SMILES string of the molecule is NCc1cccc(-c2cc(COc3ccccc3CC(=O)O)cc3cc(-c4ccccc4)oc23)c1. The number of hydrogen-bond donors (Lipinski definition) is 2. The molecule has 0 saturated carbocycles. The maximum absolute atomic E-state index is 11.2. The van der Waals surface area contributed by atoms with Crippen molar-refractivity contribution in [3.8, 4) is 28.2 Å².